The molecule has 3 aromatic carbocycles. The molecule has 2 saturated heterocycles. The molecule has 0 aliphatic carbocycles. The van der Waals surface area contributed by atoms with Gasteiger partial charge in [-0.2, -0.15) is 0 Å². The van der Waals surface area contributed by atoms with Gasteiger partial charge in [0, 0.05) is 42.5 Å². The number of carbonyl (C=O) groups excluding carboxylic acids is 2. The summed E-state index contributed by atoms with van der Waals surface area (Å²) in [5.74, 6) is 0.312. The zero-order chi connectivity index (χ0) is 31.9. The minimum atomic E-state index is -0.792. The van der Waals surface area contributed by atoms with Crippen molar-refractivity contribution in [3.8, 4) is 23.0 Å². The van der Waals surface area contributed by atoms with Crippen molar-refractivity contribution < 1.29 is 28.2 Å². The van der Waals surface area contributed by atoms with E-state index < -0.39 is 17.6 Å². The Hall–Kier alpha value is -4.70. The molecular weight excluding hydrogens is 587 g/mol. The van der Waals surface area contributed by atoms with Crippen LogP contribution in [0.15, 0.2) is 72.9 Å². The quantitative estimate of drug-likeness (QED) is 0.221. The van der Waals surface area contributed by atoms with Gasteiger partial charge in [0.25, 0.3) is 0 Å². The first-order valence-corrected chi connectivity index (χ1v) is 15.9. The van der Waals surface area contributed by atoms with Gasteiger partial charge in [0.15, 0.2) is 23.1 Å². The number of halogens is 1. The third-order valence-electron chi connectivity index (χ3n) is 8.79. The normalized spacial score (nSPS) is 15.8. The van der Waals surface area contributed by atoms with Crippen LogP contribution in [0.4, 0.5) is 10.1 Å². The molecule has 2 aliphatic rings. The Morgan fingerprint density at radius 2 is 1.70 bits per heavy atom. The molecule has 0 atom stereocenters. The maximum atomic E-state index is 15.2. The number of likely N-dealkylation sites (tertiary alicyclic amines) is 1. The number of fused-ring (bicyclic) bond motifs is 1. The lowest BCUT2D eigenvalue weighted by Crippen LogP contribution is -2.44. The van der Waals surface area contributed by atoms with Crippen LogP contribution in [0.2, 0.25) is 0 Å². The number of nitrogens with zero attached hydrogens (tertiary/aromatic N) is 2. The number of aromatic nitrogens is 1. The molecular formula is C36H39FN4O5. The van der Waals surface area contributed by atoms with Gasteiger partial charge in [-0.05, 0) is 86.9 Å². The van der Waals surface area contributed by atoms with E-state index in [1.165, 1.54) is 17.7 Å². The van der Waals surface area contributed by atoms with E-state index >= 15 is 4.39 Å². The molecule has 6 rings (SSSR count). The van der Waals surface area contributed by atoms with E-state index in [0.717, 1.165) is 51.3 Å². The van der Waals surface area contributed by atoms with Gasteiger partial charge in [0.1, 0.15) is 5.75 Å². The Balaban J connectivity index is 1.07. The monoisotopic (exact) mass is 626 g/mol. The molecule has 0 bridgehead atoms. The average Bonchev–Trinajstić information content (AvgIpc) is 3.09. The molecule has 0 spiro atoms. The van der Waals surface area contributed by atoms with E-state index in [4.69, 9.17) is 14.2 Å². The molecule has 2 N–H and O–H groups in total. The van der Waals surface area contributed by atoms with Gasteiger partial charge in [0.2, 0.25) is 0 Å². The zero-order valence-corrected chi connectivity index (χ0v) is 26.0. The number of benzene rings is 3. The number of hydrogen-bond donors (Lipinski definition) is 2. The van der Waals surface area contributed by atoms with E-state index in [1.807, 2.05) is 18.2 Å². The van der Waals surface area contributed by atoms with Crippen molar-refractivity contribution in [3.05, 3.63) is 84.3 Å². The number of methoxy groups -OCH3 is 1. The molecule has 2 aliphatic heterocycles. The van der Waals surface area contributed by atoms with Gasteiger partial charge >= 0.3 is 11.8 Å². The second kappa shape index (κ2) is 14.6. The van der Waals surface area contributed by atoms with Gasteiger partial charge in [-0.15, -0.1) is 0 Å². The second-order valence-corrected chi connectivity index (χ2v) is 12.0. The largest absolute Gasteiger partial charge is 0.493 e. The van der Waals surface area contributed by atoms with Crippen LogP contribution in [-0.2, 0) is 16.0 Å². The predicted molar refractivity (Wildman–Crippen MR) is 174 cm³/mol. The molecule has 9 nitrogen and oxygen atoms in total. The highest BCUT2D eigenvalue weighted by molar-refractivity contribution is 6.39. The fraction of sp³-hybridized carbons (Fsp3) is 0.361. The van der Waals surface area contributed by atoms with Gasteiger partial charge in [-0.1, -0.05) is 30.3 Å². The summed E-state index contributed by atoms with van der Waals surface area (Å²) in [7, 11) is 1.57. The number of piperidine rings is 2. The van der Waals surface area contributed by atoms with Crippen molar-refractivity contribution >= 4 is 28.4 Å². The van der Waals surface area contributed by atoms with Crippen molar-refractivity contribution in [1.82, 2.24) is 15.2 Å². The van der Waals surface area contributed by atoms with Crippen LogP contribution in [0.3, 0.4) is 0 Å². The standard InChI is InChI=1S/C36H39FN4O5/c1-44-33-21-28-30(22-34(33)45-23-26-9-14-38-15-10-26)39-16-11-31(28)46-32-8-7-27(20-29(32)37)40-35(42)36(43)41-17-12-25(13-18-41)19-24-5-3-2-4-6-24/h2-8,11,16,20-22,25-26,38H,9-10,12-15,17-19,23H2,1H3,(H,40,42). The van der Waals surface area contributed by atoms with Gasteiger partial charge in [-0.25, -0.2) is 4.39 Å². The van der Waals surface area contributed by atoms with E-state index in [9.17, 15) is 9.59 Å². The molecule has 1 aromatic heterocycles. The lowest BCUT2D eigenvalue weighted by molar-refractivity contribution is -0.144. The van der Waals surface area contributed by atoms with Crippen LogP contribution in [0, 0.1) is 17.7 Å². The van der Waals surface area contributed by atoms with Crippen LogP contribution in [0.5, 0.6) is 23.0 Å². The molecule has 10 heteroatoms. The summed E-state index contributed by atoms with van der Waals surface area (Å²) >= 11 is 0. The molecule has 0 saturated carbocycles. The first kappa shape index (κ1) is 31.3. The summed E-state index contributed by atoms with van der Waals surface area (Å²) in [6.07, 6.45) is 6.33. The van der Waals surface area contributed by atoms with Crippen molar-refractivity contribution in [1.29, 1.82) is 0 Å². The number of carbonyl (C=O) groups is 2. The molecule has 4 aromatic rings. The summed E-state index contributed by atoms with van der Waals surface area (Å²) in [4.78, 5) is 31.6. The average molecular weight is 627 g/mol. The van der Waals surface area contributed by atoms with E-state index in [1.54, 1.807) is 36.4 Å². The lowest BCUT2D eigenvalue weighted by Gasteiger charge is -2.31. The van der Waals surface area contributed by atoms with E-state index in [2.05, 4.69) is 27.8 Å². The first-order valence-electron chi connectivity index (χ1n) is 15.9. The summed E-state index contributed by atoms with van der Waals surface area (Å²) in [5.41, 5.74) is 2.06. The zero-order valence-electron chi connectivity index (χ0n) is 26.0. The van der Waals surface area contributed by atoms with Gasteiger partial charge in [-0.3, -0.25) is 14.6 Å². The van der Waals surface area contributed by atoms with Crippen LogP contribution in [-0.4, -0.2) is 61.6 Å². The molecule has 3 heterocycles. The fourth-order valence-corrected chi connectivity index (χ4v) is 6.14. The minimum absolute atomic E-state index is 0.0393. The van der Waals surface area contributed by atoms with Crippen LogP contribution in [0.25, 0.3) is 10.9 Å². The SMILES string of the molecule is COc1cc2c(Oc3ccc(NC(=O)C(=O)N4CCC(Cc5ccccc5)CC4)cc3F)ccnc2cc1OCC1CCNCC1. The van der Waals surface area contributed by atoms with Crippen molar-refractivity contribution in [2.24, 2.45) is 11.8 Å². The Morgan fingerprint density at radius 1 is 0.913 bits per heavy atom. The summed E-state index contributed by atoms with van der Waals surface area (Å²) in [6, 6.07) is 19.6. The number of anilines is 1. The molecule has 0 unspecified atom stereocenters. The number of nitrogens with one attached hydrogen (secondary N) is 2. The summed E-state index contributed by atoms with van der Waals surface area (Å²) in [6.45, 7) is 3.60. The van der Waals surface area contributed by atoms with Crippen LogP contribution >= 0.6 is 0 Å². The number of pyridine rings is 1. The highest BCUT2D eigenvalue weighted by Gasteiger charge is 2.27. The van der Waals surface area contributed by atoms with Crippen LogP contribution < -0.4 is 24.8 Å². The third-order valence-corrected chi connectivity index (χ3v) is 8.79. The minimum Gasteiger partial charge on any atom is -0.493 e. The van der Waals surface area contributed by atoms with Crippen molar-refractivity contribution in [3.63, 3.8) is 0 Å². The molecule has 0 radical (unpaired) electrons. The van der Waals surface area contributed by atoms with Crippen molar-refractivity contribution in [2.45, 2.75) is 32.1 Å². The van der Waals surface area contributed by atoms with E-state index in [-0.39, 0.29) is 11.4 Å². The lowest BCUT2D eigenvalue weighted by atomic mass is 9.90. The summed E-state index contributed by atoms with van der Waals surface area (Å²) in [5, 5.41) is 6.53. The molecule has 2 amide bonds. The van der Waals surface area contributed by atoms with Gasteiger partial charge < -0.3 is 29.7 Å². The molecule has 240 valence electrons. The third kappa shape index (κ3) is 7.56. The van der Waals surface area contributed by atoms with Gasteiger partial charge in [0.05, 0.1) is 19.2 Å². The number of ether oxygens (including phenoxy) is 3. The number of rotatable bonds is 9. The second-order valence-electron chi connectivity index (χ2n) is 12.0. The predicted octanol–water partition coefficient (Wildman–Crippen LogP) is 5.97. The Kier molecular flexibility index (Phi) is 9.93. The topological polar surface area (TPSA) is 102 Å². The Bertz CT molecular complexity index is 1670. The maximum absolute atomic E-state index is 15.2. The number of amides is 2. The fourth-order valence-electron chi connectivity index (χ4n) is 6.14. The molecule has 46 heavy (non-hydrogen) atoms. The first-order chi connectivity index (χ1) is 22.5. The number of hydrogen-bond acceptors (Lipinski definition) is 7. The summed E-state index contributed by atoms with van der Waals surface area (Å²) < 4.78 is 32.9. The smallest absolute Gasteiger partial charge is 0.313 e. The van der Waals surface area contributed by atoms with Crippen LogP contribution in [0.1, 0.15) is 31.2 Å². The van der Waals surface area contributed by atoms with Crippen molar-refractivity contribution in [2.75, 3.05) is 45.2 Å². The maximum Gasteiger partial charge on any atom is 0.313 e. The Labute approximate surface area is 268 Å². The molecule has 2 fully saturated rings. The highest BCUT2D eigenvalue weighted by Crippen LogP contribution is 2.38. The van der Waals surface area contributed by atoms with E-state index in [0.29, 0.717) is 59.7 Å². The Morgan fingerprint density at radius 3 is 2.43 bits per heavy atom. The highest BCUT2D eigenvalue weighted by atomic mass is 19.1.